The highest BCUT2D eigenvalue weighted by atomic mass is 19.1. The predicted octanol–water partition coefficient (Wildman–Crippen LogP) is 3.60. The molecule has 2 N–H and O–H groups in total. The zero-order chi connectivity index (χ0) is 23.3. The van der Waals surface area contributed by atoms with E-state index in [1.807, 2.05) is 18.2 Å². The lowest BCUT2D eigenvalue weighted by Gasteiger charge is -2.35. The van der Waals surface area contributed by atoms with Gasteiger partial charge in [0.1, 0.15) is 23.2 Å². The van der Waals surface area contributed by atoms with Gasteiger partial charge in [0.25, 0.3) is 5.91 Å². The molecule has 0 unspecified atom stereocenters. The fourth-order valence-corrected chi connectivity index (χ4v) is 3.80. The number of carbonyl (C=O) groups is 3. The van der Waals surface area contributed by atoms with Crippen LogP contribution in [0, 0.1) is 23.5 Å². The summed E-state index contributed by atoms with van der Waals surface area (Å²) in [7, 11) is 0. The van der Waals surface area contributed by atoms with Crippen molar-refractivity contribution in [2.45, 2.75) is 32.7 Å². The van der Waals surface area contributed by atoms with Crippen molar-refractivity contribution in [1.29, 1.82) is 0 Å². The molecule has 0 bridgehead atoms. The smallest absolute Gasteiger partial charge is 0.257 e. The molecule has 0 aromatic heterocycles. The number of likely N-dealkylation sites (tertiary alicyclic amines) is 1. The number of halogens is 2. The molecular formula is C24H27F2N3O3. The minimum absolute atomic E-state index is 0.174. The van der Waals surface area contributed by atoms with E-state index in [2.05, 4.69) is 10.6 Å². The minimum Gasteiger partial charge on any atom is -0.340 e. The van der Waals surface area contributed by atoms with Gasteiger partial charge in [0.05, 0.1) is 5.92 Å². The van der Waals surface area contributed by atoms with Crippen LogP contribution >= 0.6 is 0 Å². The molecule has 1 heterocycles. The van der Waals surface area contributed by atoms with Crippen molar-refractivity contribution in [3.05, 3.63) is 65.7 Å². The van der Waals surface area contributed by atoms with Crippen LogP contribution in [0.4, 0.5) is 14.5 Å². The van der Waals surface area contributed by atoms with Crippen LogP contribution in [-0.2, 0) is 9.59 Å². The lowest BCUT2D eigenvalue weighted by Crippen LogP contribution is -2.54. The standard InChI is InChI=1S/C24H27F2N3O3/c1-15(2)21(28-23(31)20-18(25)11-6-12-19(20)26)24(32)29-13-7-8-16(14-29)22(30)27-17-9-4-3-5-10-17/h3-6,9-12,15-16,21H,7-8,13-14H2,1-2H3,(H,27,30)(H,28,31)/t16-,21+/m0/s1. The van der Waals surface area contributed by atoms with E-state index in [9.17, 15) is 23.2 Å². The average Bonchev–Trinajstić information content (AvgIpc) is 2.77. The fourth-order valence-electron chi connectivity index (χ4n) is 3.80. The molecule has 6 nitrogen and oxygen atoms in total. The zero-order valence-electron chi connectivity index (χ0n) is 18.1. The van der Waals surface area contributed by atoms with E-state index in [1.54, 1.807) is 30.9 Å². The van der Waals surface area contributed by atoms with E-state index in [0.29, 0.717) is 25.1 Å². The van der Waals surface area contributed by atoms with Gasteiger partial charge in [0.15, 0.2) is 0 Å². The molecule has 1 aliphatic heterocycles. The van der Waals surface area contributed by atoms with Gasteiger partial charge in [-0.1, -0.05) is 38.1 Å². The van der Waals surface area contributed by atoms with Gasteiger partial charge in [-0.2, -0.15) is 0 Å². The van der Waals surface area contributed by atoms with Gasteiger partial charge in [-0.05, 0) is 43.0 Å². The molecule has 3 amide bonds. The molecule has 0 spiro atoms. The number of para-hydroxylation sites is 1. The number of carbonyl (C=O) groups excluding carboxylic acids is 3. The third kappa shape index (κ3) is 5.49. The second kappa shape index (κ2) is 10.3. The minimum atomic E-state index is -0.993. The van der Waals surface area contributed by atoms with E-state index in [1.165, 1.54) is 6.07 Å². The number of anilines is 1. The zero-order valence-corrected chi connectivity index (χ0v) is 18.1. The molecule has 3 rings (SSSR count). The highest BCUT2D eigenvalue weighted by Crippen LogP contribution is 2.21. The van der Waals surface area contributed by atoms with Crippen molar-refractivity contribution in [1.82, 2.24) is 10.2 Å². The van der Waals surface area contributed by atoms with Crippen molar-refractivity contribution in [2.24, 2.45) is 11.8 Å². The van der Waals surface area contributed by atoms with Crippen molar-refractivity contribution in [2.75, 3.05) is 18.4 Å². The van der Waals surface area contributed by atoms with Gasteiger partial charge in [-0.3, -0.25) is 14.4 Å². The number of nitrogens with one attached hydrogen (secondary N) is 2. The van der Waals surface area contributed by atoms with E-state index in [4.69, 9.17) is 0 Å². The van der Waals surface area contributed by atoms with E-state index >= 15 is 0 Å². The molecule has 170 valence electrons. The summed E-state index contributed by atoms with van der Waals surface area (Å²) in [4.78, 5) is 40.0. The number of benzene rings is 2. The van der Waals surface area contributed by atoms with Crippen LogP contribution in [0.3, 0.4) is 0 Å². The van der Waals surface area contributed by atoms with Crippen LogP contribution in [0.1, 0.15) is 37.0 Å². The van der Waals surface area contributed by atoms with Gasteiger partial charge < -0.3 is 15.5 Å². The van der Waals surface area contributed by atoms with Crippen molar-refractivity contribution in [3.8, 4) is 0 Å². The number of amides is 3. The van der Waals surface area contributed by atoms with Gasteiger partial charge >= 0.3 is 0 Å². The van der Waals surface area contributed by atoms with Crippen LogP contribution in [-0.4, -0.2) is 41.8 Å². The lowest BCUT2D eigenvalue weighted by molar-refractivity contribution is -0.137. The Balaban J connectivity index is 1.69. The molecule has 2 atom stereocenters. The number of rotatable bonds is 6. The van der Waals surface area contributed by atoms with Crippen LogP contribution in [0.15, 0.2) is 48.5 Å². The van der Waals surface area contributed by atoms with E-state index < -0.39 is 29.1 Å². The first-order valence-corrected chi connectivity index (χ1v) is 10.7. The van der Waals surface area contributed by atoms with E-state index in [0.717, 1.165) is 12.1 Å². The fraction of sp³-hybridized carbons (Fsp3) is 0.375. The number of hydrogen-bond acceptors (Lipinski definition) is 3. The highest BCUT2D eigenvalue weighted by molar-refractivity contribution is 5.98. The Bertz CT molecular complexity index is 961. The van der Waals surface area contributed by atoms with E-state index in [-0.39, 0.29) is 30.2 Å². The number of nitrogens with zero attached hydrogens (tertiary/aromatic N) is 1. The first-order chi connectivity index (χ1) is 15.3. The monoisotopic (exact) mass is 443 g/mol. The first kappa shape index (κ1) is 23.4. The Morgan fingerprint density at radius 1 is 1.00 bits per heavy atom. The Morgan fingerprint density at radius 2 is 1.66 bits per heavy atom. The SMILES string of the molecule is CC(C)[C@@H](NC(=O)c1c(F)cccc1F)C(=O)N1CCC[C@H](C(=O)Nc2ccccc2)C1. The first-order valence-electron chi connectivity index (χ1n) is 10.7. The van der Waals surface area contributed by atoms with Gasteiger partial charge in [0, 0.05) is 18.8 Å². The predicted molar refractivity (Wildman–Crippen MR) is 117 cm³/mol. The van der Waals surface area contributed by atoms with Crippen LogP contribution in [0.2, 0.25) is 0 Å². The third-order valence-corrected chi connectivity index (χ3v) is 5.55. The molecule has 0 saturated carbocycles. The number of hydrogen-bond donors (Lipinski definition) is 2. The highest BCUT2D eigenvalue weighted by Gasteiger charge is 2.34. The quantitative estimate of drug-likeness (QED) is 0.716. The summed E-state index contributed by atoms with van der Waals surface area (Å²) in [5, 5.41) is 5.34. The van der Waals surface area contributed by atoms with Gasteiger partial charge in [0.2, 0.25) is 11.8 Å². The summed E-state index contributed by atoms with van der Waals surface area (Å²) >= 11 is 0. The summed E-state index contributed by atoms with van der Waals surface area (Å²) in [5.41, 5.74) is -0.0371. The lowest BCUT2D eigenvalue weighted by atomic mass is 9.94. The Hall–Kier alpha value is -3.29. The Labute approximate surface area is 186 Å². The molecular weight excluding hydrogens is 416 g/mol. The summed E-state index contributed by atoms with van der Waals surface area (Å²) in [5.74, 6) is -4.22. The second-order valence-corrected chi connectivity index (χ2v) is 8.27. The second-order valence-electron chi connectivity index (χ2n) is 8.27. The maximum Gasteiger partial charge on any atom is 0.257 e. The summed E-state index contributed by atoms with van der Waals surface area (Å²) < 4.78 is 28.0. The topological polar surface area (TPSA) is 78.5 Å². The maximum absolute atomic E-state index is 14.0. The maximum atomic E-state index is 14.0. The summed E-state index contributed by atoms with van der Waals surface area (Å²) in [6.45, 7) is 4.14. The average molecular weight is 443 g/mol. The number of piperidine rings is 1. The van der Waals surface area contributed by atoms with Crippen molar-refractivity contribution in [3.63, 3.8) is 0 Å². The third-order valence-electron chi connectivity index (χ3n) is 5.55. The molecule has 2 aromatic rings. The normalized spacial score (nSPS) is 17.0. The van der Waals surface area contributed by atoms with Crippen LogP contribution in [0.5, 0.6) is 0 Å². The molecule has 32 heavy (non-hydrogen) atoms. The molecule has 2 aromatic carbocycles. The molecule has 8 heteroatoms. The molecule has 1 fully saturated rings. The summed E-state index contributed by atoms with van der Waals surface area (Å²) in [6, 6.07) is 11.2. The molecule has 1 aliphatic rings. The van der Waals surface area contributed by atoms with Crippen molar-refractivity contribution >= 4 is 23.4 Å². The van der Waals surface area contributed by atoms with Gasteiger partial charge in [-0.25, -0.2) is 8.78 Å². The van der Waals surface area contributed by atoms with Crippen LogP contribution < -0.4 is 10.6 Å². The molecule has 0 radical (unpaired) electrons. The molecule has 0 aliphatic carbocycles. The Kier molecular flexibility index (Phi) is 7.56. The Morgan fingerprint density at radius 3 is 2.28 bits per heavy atom. The summed E-state index contributed by atoms with van der Waals surface area (Å²) in [6.07, 6.45) is 1.28. The molecule has 1 saturated heterocycles. The largest absolute Gasteiger partial charge is 0.340 e. The van der Waals surface area contributed by atoms with Crippen molar-refractivity contribution < 1.29 is 23.2 Å². The van der Waals surface area contributed by atoms with Crippen LogP contribution in [0.25, 0.3) is 0 Å². The van der Waals surface area contributed by atoms with Gasteiger partial charge in [-0.15, -0.1) is 0 Å².